The molecule has 0 saturated heterocycles. The summed E-state index contributed by atoms with van der Waals surface area (Å²) in [4.78, 5) is 13.4. The maximum Gasteiger partial charge on any atom is 0.225 e. The summed E-state index contributed by atoms with van der Waals surface area (Å²) in [7, 11) is -2.33. The van der Waals surface area contributed by atoms with Crippen LogP contribution >= 0.6 is 11.3 Å². The van der Waals surface area contributed by atoms with E-state index < -0.39 is 9.84 Å². The van der Waals surface area contributed by atoms with Crippen LogP contribution < -0.4 is 14.8 Å². The van der Waals surface area contributed by atoms with Crippen molar-refractivity contribution in [2.75, 3.05) is 19.0 Å². The molecular weight excluding hydrogens is 438 g/mol. The first kappa shape index (κ1) is 21.2. The molecule has 2 heterocycles. The van der Waals surface area contributed by atoms with Gasteiger partial charge in [-0.1, -0.05) is 6.07 Å². The lowest BCUT2D eigenvalue weighted by molar-refractivity contribution is -0.116. The Morgan fingerprint density at radius 3 is 2.61 bits per heavy atom. The minimum absolute atomic E-state index is 0.0139. The Labute approximate surface area is 184 Å². The van der Waals surface area contributed by atoms with Crippen LogP contribution in [0.3, 0.4) is 0 Å². The molecule has 4 rings (SSSR count). The zero-order valence-corrected chi connectivity index (χ0v) is 18.5. The molecule has 0 radical (unpaired) electrons. The number of benzene rings is 2. The predicted molar refractivity (Wildman–Crippen MR) is 117 cm³/mol. The summed E-state index contributed by atoms with van der Waals surface area (Å²) >= 11 is 1.29. The molecule has 1 aliphatic heterocycles. The van der Waals surface area contributed by atoms with Gasteiger partial charge in [0.1, 0.15) is 10.6 Å². The third-order valence-electron chi connectivity index (χ3n) is 5.10. The van der Waals surface area contributed by atoms with Crippen LogP contribution in [0, 0.1) is 0 Å². The molecular formula is C22H21NO6S2. The molecule has 1 aromatic heterocycles. The Balaban J connectivity index is 1.77. The molecule has 0 bridgehead atoms. The first-order chi connectivity index (χ1) is 14.8. The number of methoxy groups -OCH3 is 1. The van der Waals surface area contributed by atoms with E-state index in [0.29, 0.717) is 23.8 Å². The standard InChI is InChI=1S/C22H21NO6S2/c1-3-29-18-10-13(4-9-17(18)24)16-11-20(25)23-21-19(12-30-22(16)21)31(26,27)15-7-5-14(28-2)6-8-15/h4-10,12,16,24H,3,11H2,1-2H3,(H,23,25)/t16-/m0/s1. The maximum absolute atomic E-state index is 13.3. The summed E-state index contributed by atoms with van der Waals surface area (Å²) in [5.74, 6) is 0.286. The first-order valence-electron chi connectivity index (χ1n) is 9.61. The van der Waals surface area contributed by atoms with Crippen molar-refractivity contribution in [3.8, 4) is 17.2 Å². The molecule has 0 saturated carbocycles. The number of rotatable bonds is 6. The number of phenolic OH excluding ortho intramolecular Hbond substituents is 1. The van der Waals surface area contributed by atoms with Crippen LogP contribution in [0.25, 0.3) is 0 Å². The zero-order valence-electron chi connectivity index (χ0n) is 16.9. The van der Waals surface area contributed by atoms with Gasteiger partial charge in [0.05, 0.1) is 24.3 Å². The Hall–Kier alpha value is -3.04. The van der Waals surface area contributed by atoms with E-state index in [1.807, 2.05) is 6.92 Å². The number of amides is 1. The summed E-state index contributed by atoms with van der Waals surface area (Å²) in [6.07, 6.45) is 0.172. The van der Waals surface area contributed by atoms with Crippen LogP contribution in [-0.2, 0) is 14.6 Å². The van der Waals surface area contributed by atoms with E-state index in [2.05, 4.69) is 5.32 Å². The summed E-state index contributed by atoms with van der Waals surface area (Å²) in [5, 5.41) is 14.3. The fourth-order valence-electron chi connectivity index (χ4n) is 3.57. The van der Waals surface area contributed by atoms with Crippen molar-refractivity contribution >= 4 is 32.8 Å². The van der Waals surface area contributed by atoms with Crippen LogP contribution in [0.2, 0.25) is 0 Å². The number of aromatic hydroxyl groups is 1. The number of anilines is 1. The third kappa shape index (κ3) is 3.86. The molecule has 2 N–H and O–H groups in total. The molecule has 1 aliphatic rings. The summed E-state index contributed by atoms with van der Waals surface area (Å²) in [6.45, 7) is 2.20. The summed E-state index contributed by atoms with van der Waals surface area (Å²) < 4.78 is 37.1. The van der Waals surface area contributed by atoms with Crippen molar-refractivity contribution in [3.05, 3.63) is 58.3 Å². The Bertz CT molecular complexity index is 1230. The van der Waals surface area contributed by atoms with E-state index in [4.69, 9.17) is 9.47 Å². The number of ether oxygens (including phenoxy) is 2. The molecule has 0 spiro atoms. The highest BCUT2D eigenvalue weighted by atomic mass is 32.2. The van der Waals surface area contributed by atoms with Crippen LogP contribution in [0.1, 0.15) is 29.7 Å². The van der Waals surface area contributed by atoms with Crippen molar-refractivity contribution in [1.29, 1.82) is 0 Å². The molecule has 3 aromatic rings. The van der Waals surface area contributed by atoms with Crippen molar-refractivity contribution in [2.24, 2.45) is 0 Å². The summed E-state index contributed by atoms with van der Waals surface area (Å²) in [6, 6.07) is 11.1. The van der Waals surface area contributed by atoms with Crippen molar-refractivity contribution in [2.45, 2.75) is 29.1 Å². The van der Waals surface area contributed by atoms with Crippen LogP contribution in [-0.4, -0.2) is 33.1 Å². The number of fused-ring (bicyclic) bond motifs is 1. The lowest BCUT2D eigenvalue weighted by Crippen LogP contribution is -2.23. The smallest absolute Gasteiger partial charge is 0.225 e. The van der Waals surface area contributed by atoms with Gasteiger partial charge in [-0.2, -0.15) is 0 Å². The lowest BCUT2D eigenvalue weighted by Gasteiger charge is -2.24. The molecule has 0 aliphatic carbocycles. The van der Waals surface area contributed by atoms with E-state index in [1.54, 1.807) is 29.6 Å². The average Bonchev–Trinajstić information content (AvgIpc) is 3.19. The summed E-state index contributed by atoms with van der Waals surface area (Å²) in [5.41, 5.74) is 1.08. The number of sulfone groups is 1. The highest BCUT2D eigenvalue weighted by Gasteiger charge is 2.34. The van der Waals surface area contributed by atoms with Crippen molar-refractivity contribution in [1.82, 2.24) is 0 Å². The van der Waals surface area contributed by atoms with Gasteiger partial charge < -0.3 is 19.9 Å². The van der Waals surface area contributed by atoms with Crippen LogP contribution in [0.4, 0.5) is 5.69 Å². The number of carbonyl (C=O) groups is 1. The molecule has 0 unspecified atom stereocenters. The zero-order chi connectivity index (χ0) is 22.2. The number of hydrogen-bond acceptors (Lipinski definition) is 7. The van der Waals surface area contributed by atoms with Gasteiger partial charge in [0.15, 0.2) is 11.5 Å². The van der Waals surface area contributed by atoms with Gasteiger partial charge >= 0.3 is 0 Å². The van der Waals surface area contributed by atoms with Gasteiger partial charge in [-0.05, 0) is 48.9 Å². The Morgan fingerprint density at radius 1 is 1.19 bits per heavy atom. The van der Waals surface area contributed by atoms with Gasteiger partial charge in [-0.15, -0.1) is 11.3 Å². The highest BCUT2D eigenvalue weighted by Crippen LogP contribution is 2.47. The largest absolute Gasteiger partial charge is 0.504 e. The van der Waals surface area contributed by atoms with Crippen molar-refractivity contribution < 1.29 is 27.8 Å². The predicted octanol–water partition coefficient (Wildman–Crippen LogP) is 4.17. The minimum Gasteiger partial charge on any atom is -0.504 e. The van der Waals surface area contributed by atoms with E-state index >= 15 is 0 Å². The first-order valence-corrected chi connectivity index (χ1v) is 12.0. The van der Waals surface area contributed by atoms with Gasteiger partial charge in [0, 0.05) is 22.6 Å². The number of nitrogens with one attached hydrogen (secondary N) is 1. The SMILES string of the molecule is CCOc1cc([C@@H]2CC(=O)Nc3c(S(=O)(=O)c4ccc(OC)cc4)csc32)ccc1O. The topological polar surface area (TPSA) is 102 Å². The quantitative estimate of drug-likeness (QED) is 0.574. The molecule has 31 heavy (non-hydrogen) atoms. The van der Waals surface area contributed by atoms with E-state index in [9.17, 15) is 18.3 Å². The normalized spacial score (nSPS) is 15.8. The van der Waals surface area contributed by atoms with Gasteiger partial charge in [0.25, 0.3) is 0 Å². The molecule has 2 aromatic carbocycles. The minimum atomic E-state index is -3.84. The van der Waals surface area contributed by atoms with Gasteiger partial charge in [-0.25, -0.2) is 8.42 Å². The Morgan fingerprint density at radius 2 is 1.94 bits per heavy atom. The van der Waals surface area contributed by atoms with Gasteiger partial charge in [0.2, 0.25) is 15.7 Å². The second-order valence-corrected chi connectivity index (χ2v) is 9.81. The Kier molecular flexibility index (Phi) is 5.63. The average molecular weight is 460 g/mol. The fourth-order valence-corrected chi connectivity index (χ4v) is 6.48. The molecule has 7 nitrogen and oxygen atoms in total. The van der Waals surface area contributed by atoms with Crippen molar-refractivity contribution in [3.63, 3.8) is 0 Å². The molecule has 0 fully saturated rings. The van der Waals surface area contributed by atoms with E-state index in [-0.39, 0.29) is 33.8 Å². The number of carbonyl (C=O) groups excluding carboxylic acids is 1. The van der Waals surface area contributed by atoms with Crippen LogP contribution in [0.15, 0.2) is 57.6 Å². The monoisotopic (exact) mass is 459 g/mol. The molecule has 1 atom stereocenters. The van der Waals surface area contributed by atoms with E-state index in [0.717, 1.165) is 10.4 Å². The van der Waals surface area contributed by atoms with Gasteiger partial charge in [-0.3, -0.25) is 4.79 Å². The lowest BCUT2D eigenvalue weighted by atomic mass is 9.90. The fraction of sp³-hybridized carbons (Fsp3) is 0.227. The number of hydrogen-bond donors (Lipinski definition) is 2. The highest BCUT2D eigenvalue weighted by molar-refractivity contribution is 7.91. The van der Waals surface area contributed by atoms with Crippen LogP contribution in [0.5, 0.6) is 17.2 Å². The second kappa shape index (κ2) is 8.24. The maximum atomic E-state index is 13.3. The molecule has 9 heteroatoms. The molecule has 162 valence electrons. The number of phenols is 1. The second-order valence-electron chi connectivity index (χ2n) is 6.98. The number of thiophene rings is 1. The molecule has 1 amide bonds. The third-order valence-corrected chi connectivity index (χ3v) is 8.14. The van der Waals surface area contributed by atoms with E-state index in [1.165, 1.54) is 36.6 Å².